The van der Waals surface area contributed by atoms with Gasteiger partial charge in [0.25, 0.3) is 0 Å². The normalized spacial score (nSPS) is 21.9. The number of benzene rings is 1. The minimum absolute atomic E-state index is 0.0719. The van der Waals surface area contributed by atoms with Crippen LogP contribution in [0.15, 0.2) is 36.5 Å². The SMILES string of the molecule is CC(=O)O[C@H]1C(n2ncc3c(N(C)Cc4ccccc4)nc(Cl)nc32)O[C@H](COCCP(C)(C)=O)[C@H]1C. The van der Waals surface area contributed by atoms with Gasteiger partial charge in [0.05, 0.1) is 38.0 Å². The third kappa shape index (κ3) is 6.68. The highest BCUT2D eigenvalue weighted by Gasteiger charge is 2.46. The lowest BCUT2D eigenvalue weighted by Crippen LogP contribution is -2.31. The van der Waals surface area contributed by atoms with Crippen LogP contribution in [-0.4, -0.2) is 77.7 Å². The van der Waals surface area contributed by atoms with Crippen LogP contribution in [0.2, 0.25) is 5.28 Å². The number of rotatable bonds is 10. The maximum absolute atomic E-state index is 12.0. The van der Waals surface area contributed by atoms with Crippen molar-refractivity contribution >= 4 is 41.6 Å². The topological polar surface area (TPSA) is 109 Å². The second-order valence-electron chi connectivity index (χ2n) is 9.86. The number of anilines is 1. The van der Waals surface area contributed by atoms with E-state index in [0.29, 0.717) is 36.2 Å². The highest BCUT2D eigenvalue weighted by Crippen LogP contribution is 2.39. The van der Waals surface area contributed by atoms with Crippen molar-refractivity contribution in [2.75, 3.05) is 44.7 Å². The molecule has 10 nitrogen and oxygen atoms in total. The summed E-state index contributed by atoms with van der Waals surface area (Å²) in [5, 5.41) is 5.33. The van der Waals surface area contributed by atoms with Crippen LogP contribution in [0.3, 0.4) is 0 Å². The summed E-state index contributed by atoms with van der Waals surface area (Å²) >= 11 is 6.35. The molecule has 0 N–H and O–H groups in total. The minimum Gasteiger partial charge on any atom is -0.457 e. The van der Waals surface area contributed by atoms with E-state index < -0.39 is 25.4 Å². The fourth-order valence-electron chi connectivity index (χ4n) is 4.37. The minimum atomic E-state index is -2.17. The molecule has 4 rings (SSSR count). The highest BCUT2D eigenvalue weighted by molar-refractivity contribution is 7.62. The first-order chi connectivity index (χ1) is 17.5. The Bertz CT molecular complexity index is 1280. The van der Waals surface area contributed by atoms with Crippen LogP contribution in [0.25, 0.3) is 11.0 Å². The van der Waals surface area contributed by atoms with Crippen LogP contribution in [0.4, 0.5) is 5.82 Å². The molecule has 12 heteroatoms. The number of nitrogens with zero attached hydrogens (tertiary/aromatic N) is 5. The van der Waals surface area contributed by atoms with Gasteiger partial charge in [0.15, 0.2) is 18.0 Å². The van der Waals surface area contributed by atoms with Crippen molar-refractivity contribution in [2.45, 2.75) is 38.8 Å². The van der Waals surface area contributed by atoms with Crippen molar-refractivity contribution in [1.82, 2.24) is 19.7 Å². The maximum atomic E-state index is 12.0. The van der Waals surface area contributed by atoms with Crippen LogP contribution in [0.5, 0.6) is 0 Å². The molecule has 1 aliphatic rings. The monoisotopic (exact) mass is 549 g/mol. The Morgan fingerprint density at radius 1 is 1.24 bits per heavy atom. The van der Waals surface area contributed by atoms with Gasteiger partial charge >= 0.3 is 5.97 Å². The molecule has 1 fully saturated rings. The molecule has 1 aliphatic heterocycles. The molecular formula is C25H33ClN5O5P. The van der Waals surface area contributed by atoms with Gasteiger partial charge in [-0.3, -0.25) is 4.79 Å². The summed E-state index contributed by atoms with van der Waals surface area (Å²) in [5.74, 6) is 0.0293. The molecule has 0 spiro atoms. The van der Waals surface area contributed by atoms with Gasteiger partial charge in [0, 0.05) is 32.6 Å². The van der Waals surface area contributed by atoms with E-state index in [1.165, 1.54) is 6.92 Å². The number of hydrogen-bond donors (Lipinski definition) is 0. The van der Waals surface area contributed by atoms with Crippen LogP contribution >= 0.6 is 18.7 Å². The van der Waals surface area contributed by atoms with Crippen molar-refractivity contribution in [2.24, 2.45) is 5.92 Å². The summed E-state index contributed by atoms with van der Waals surface area (Å²) in [6.45, 7) is 8.03. The third-order valence-corrected chi connectivity index (χ3v) is 7.76. The molecule has 0 radical (unpaired) electrons. The van der Waals surface area contributed by atoms with E-state index >= 15 is 0 Å². The highest BCUT2D eigenvalue weighted by atomic mass is 35.5. The van der Waals surface area contributed by atoms with E-state index in [1.807, 2.05) is 49.2 Å². The fourth-order valence-corrected chi connectivity index (χ4v) is 5.10. The van der Waals surface area contributed by atoms with Crippen molar-refractivity contribution in [3.05, 3.63) is 47.4 Å². The van der Waals surface area contributed by atoms with Gasteiger partial charge in [-0.05, 0) is 30.5 Å². The molecule has 4 atom stereocenters. The lowest BCUT2D eigenvalue weighted by atomic mass is 10.0. The Morgan fingerprint density at radius 3 is 2.65 bits per heavy atom. The number of fused-ring (bicyclic) bond motifs is 1. The van der Waals surface area contributed by atoms with Crippen molar-refractivity contribution in [1.29, 1.82) is 0 Å². The molecule has 200 valence electrons. The average molecular weight is 550 g/mol. The molecule has 0 aliphatic carbocycles. The van der Waals surface area contributed by atoms with Gasteiger partial charge in [-0.2, -0.15) is 15.1 Å². The predicted octanol–water partition coefficient (Wildman–Crippen LogP) is 4.22. The molecule has 0 amide bonds. The summed E-state index contributed by atoms with van der Waals surface area (Å²) in [6, 6.07) is 10.0. The Hall–Kier alpha value is -2.52. The largest absolute Gasteiger partial charge is 0.457 e. The maximum Gasteiger partial charge on any atom is 0.303 e. The summed E-state index contributed by atoms with van der Waals surface area (Å²) in [6.07, 6.45) is 0.456. The number of carbonyl (C=O) groups excluding carboxylic acids is 1. The summed E-state index contributed by atoms with van der Waals surface area (Å²) in [7, 11) is -0.245. The van der Waals surface area contributed by atoms with E-state index in [1.54, 1.807) is 24.2 Å². The van der Waals surface area contributed by atoms with Gasteiger partial charge < -0.3 is 23.7 Å². The lowest BCUT2D eigenvalue weighted by Gasteiger charge is -2.22. The van der Waals surface area contributed by atoms with Crippen molar-refractivity contribution < 1.29 is 23.6 Å². The van der Waals surface area contributed by atoms with E-state index in [0.717, 1.165) is 5.56 Å². The molecule has 3 aromatic rings. The van der Waals surface area contributed by atoms with Gasteiger partial charge in [0.2, 0.25) is 5.28 Å². The molecule has 1 unspecified atom stereocenters. The van der Waals surface area contributed by atoms with Gasteiger partial charge in [0.1, 0.15) is 5.82 Å². The number of esters is 1. The molecule has 3 heterocycles. The molecule has 0 saturated carbocycles. The van der Waals surface area contributed by atoms with E-state index in [9.17, 15) is 9.36 Å². The van der Waals surface area contributed by atoms with E-state index in [-0.39, 0.29) is 23.9 Å². The van der Waals surface area contributed by atoms with Crippen molar-refractivity contribution in [3.8, 4) is 0 Å². The molecule has 1 saturated heterocycles. The fraction of sp³-hybridized carbons (Fsp3) is 0.520. The standard InChI is InChI=1S/C25H33ClN5O5P/c1-16-20(15-34-11-12-37(4,5)33)36-24(21(16)35-17(2)32)31-23-19(13-27-31)22(28-25(26)29-23)30(3)14-18-9-7-6-8-10-18/h6-10,13,16,20-21,24H,11-12,14-15H2,1-5H3/t16-,20-,21-,24?/m1/s1. The smallest absolute Gasteiger partial charge is 0.303 e. The first-order valence-electron chi connectivity index (χ1n) is 12.1. The molecule has 2 aromatic heterocycles. The number of carbonyl (C=O) groups is 1. The van der Waals surface area contributed by atoms with E-state index in [2.05, 4.69) is 15.1 Å². The molecule has 37 heavy (non-hydrogen) atoms. The number of aromatic nitrogens is 4. The van der Waals surface area contributed by atoms with Gasteiger partial charge in [-0.25, -0.2) is 4.68 Å². The second kappa shape index (κ2) is 11.5. The Labute approximate surface area is 221 Å². The average Bonchev–Trinajstić information content (AvgIpc) is 3.37. The van der Waals surface area contributed by atoms with Crippen molar-refractivity contribution in [3.63, 3.8) is 0 Å². The zero-order valence-electron chi connectivity index (χ0n) is 21.7. The van der Waals surface area contributed by atoms with Crippen LogP contribution in [0, 0.1) is 5.92 Å². The van der Waals surface area contributed by atoms with Crippen LogP contribution < -0.4 is 4.90 Å². The zero-order valence-corrected chi connectivity index (χ0v) is 23.4. The number of halogens is 1. The van der Waals surface area contributed by atoms with Gasteiger partial charge in [-0.15, -0.1) is 0 Å². The lowest BCUT2D eigenvalue weighted by molar-refractivity contribution is -0.154. The third-order valence-electron chi connectivity index (χ3n) is 6.33. The summed E-state index contributed by atoms with van der Waals surface area (Å²) < 4.78 is 31.3. The van der Waals surface area contributed by atoms with Crippen LogP contribution in [-0.2, 0) is 30.1 Å². The zero-order chi connectivity index (χ0) is 26.7. The van der Waals surface area contributed by atoms with Gasteiger partial charge in [-0.1, -0.05) is 37.3 Å². The Kier molecular flexibility index (Phi) is 8.53. The summed E-state index contributed by atoms with van der Waals surface area (Å²) in [4.78, 5) is 22.8. The Balaban J connectivity index is 1.61. The second-order valence-corrected chi connectivity index (χ2v) is 13.8. The summed E-state index contributed by atoms with van der Waals surface area (Å²) in [5.41, 5.74) is 1.59. The van der Waals surface area contributed by atoms with E-state index in [4.69, 9.17) is 25.8 Å². The first kappa shape index (κ1) is 27.5. The van der Waals surface area contributed by atoms with Crippen LogP contribution in [0.1, 0.15) is 25.6 Å². The number of ether oxygens (including phenoxy) is 3. The molecule has 1 aromatic carbocycles. The Morgan fingerprint density at radius 2 is 1.97 bits per heavy atom. The first-order valence-corrected chi connectivity index (χ1v) is 15.3. The molecule has 0 bridgehead atoms. The number of hydrogen-bond acceptors (Lipinski definition) is 9. The molecular weight excluding hydrogens is 517 g/mol. The predicted molar refractivity (Wildman–Crippen MR) is 143 cm³/mol. The quantitative estimate of drug-likeness (QED) is 0.159.